The van der Waals surface area contributed by atoms with Gasteiger partial charge in [0.1, 0.15) is 18.2 Å². The number of hydrogen-bond donors (Lipinski definition) is 1. The van der Waals surface area contributed by atoms with Crippen molar-refractivity contribution in [3.05, 3.63) is 41.2 Å². The fourth-order valence-electron chi connectivity index (χ4n) is 0.969. The van der Waals surface area contributed by atoms with Crippen molar-refractivity contribution >= 4 is 11.6 Å². The van der Waals surface area contributed by atoms with Crippen LogP contribution in [0.3, 0.4) is 0 Å². The monoisotopic (exact) mass is 216 g/mol. The lowest BCUT2D eigenvalue weighted by Crippen LogP contribution is -1.97. The van der Waals surface area contributed by atoms with Crippen LogP contribution in [0.2, 0.25) is 5.02 Å². The molecule has 0 atom stereocenters. The number of hydrogen-bond acceptors (Lipinski definition) is 2. The fourth-order valence-corrected chi connectivity index (χ4v) is 1.23. The highest BCUT2D eigenvalue weighted by atomic mass is 35.5. The predicted octanol–water partition coefficient (Wildman–Crippen LogP) is 2.54. The van der Waals surface area contributed by atoms with Crippen LogP contribution in [0.5, 0.6) is 5.75 Å². The van der Waals surface area contributed by atoms with E-state index in [1.54, 1.807) is 6.08 Å². The van der Waals surface area contributed by atoms with Crippen molar-refractivity contribution in [2.24, 2.45) is 0 Å². The molecule has 0 aliphatic rings. The molecule has 76 valence electrons. The Kier molecular flexibility index (Phi) is 3.92. The average molecular weight is 217 g/mol. The van der Waals surface area contributed by atoms with Crippen molar-refractivity contribution in [2.75, 3.05) is 6.61 Å². The molecule has 14 heavy (non-hydrogen) atoms. The Morgan fingerprint density at radius 1 is 1.57 bits per heavy atom. The van der Waals surface area contributed by atoms with Gasteiger partial charge in [0.05, 0.1) is 11.6 Å². The molecule has 0 saturated carbocycles. The normalized spacial score (nSPS) is 9.93. The molecule has 2 nitrogen and oxygen atoms in total. The smallest absolute Gasteiger partial charge is 0.133 e. The van der Waals surface area contributed by atoms with Crippen LogP contribution in [-0.2, 0) is 6.61 Å². The zero-order valence-corrected chi connectivity index (χ0v) is 8.22. The quantitative estimate of drug-likeness (QED) is 0.784. The van der Waals surface area contributed by atoms with Crippen LogP contribution in [0.15, 0.2) is 24.8 Å². The maximum atomic E-state index is 13.2. The van der Waals surface area contributed by atoms with Crippen LogP contribution in [0, 0.1) is 5.82 Å². The molecule has 1 rings (SSSR count). The molecule has 0 fully saturated rings. The van der Waals surface area contributed by atoms with E-state index in [0.717, 1.165) is 0 Å². The molecule has 1 aromatic rings. The fraction of sp³-hybridized carbons (Fsp3) is 0.200. The van der Waals surface area contributed by atoms with Gasteiger partial charge in [-0.3, -0.25) is 0 Å². The summed E-state index contributed by atoms with van der Waals surface area (Å²) >= 11 is 5.71. The first kappa shape index (κ1) is 11.0. The summed E-state index contributed by atoms with van der Waals surface area (Å²) in [6, 6.07) is 2.64. The molecule has 0 aliphatic carbocycles. The molecule has 0 radical (unpaired) electrons. The van der Waals surface area contributed by atoms with E-state index in [1.807, 2.05) is 0 Å². The van der Waals surface area contributed by atoms with Gasteiger partial charge in [-0.2, -0.15) is 0 Å². The third kappa shape index (κ3) is 2.47. The van der Waals surface area contributed by atoms with Crippen LogP contribution in [0.25, 0.3) is 0 Å². The molecular weight excluding hydrogens is 207 g/mol. The molecule has 0 saturated heterocycles. The second-order valence-electron chi connectivity index (χ2n) is 2.62. The molecule has 1 N–H and O–H groups in total. The van der Waals surface area contributed by atoms with Crippen molar-refractivity contribution in [1.82, 2.24) is 0 Å². The van der Waals surface area contributed by atoms with Gasteiger partial charge in [-0.25, -0.2) is 4.39 Å². The minimum absolute atomic E-state index is 0.0811. The number of rotatable bonds is 4. The van der Waals surface area contributed by atoms with Crippen molar-refractivity contribution in [2.45, 2.75) is 6.61 Å². The predicted molar refractivity (Wildman–Crippen MR) is 53.0 cm³/mol. The minimum Gasteiger partial charge on any atom is -0.489 e. The third-order valence-corrected chi connectivity index (χ3v) is 1.98. The van der Waals surface area contributed by atoms with Gasteiger partial charge in [-0.05, 0) is 6.07 Å². The molecule has 0 heterocycles. The van der Waals surface area contributed by atoms with Crippen molar-refractivity contribution in [1.29, 1.82) is 0 Å². The standard InChI is InChI=1S/C10H10ClFO2/c1-2-3-14-7-4-9(11)8(6-13)10(12)5-7/h2,4-5,13H,1,3,6H2. The Morgan fingerprint density at radius 3 is 2.79 bits per heavy atom. The lowest BCUT2D eigenvalue weighted by molar-refractivity contribution is 0.275. The van der Waals surface area contributed by atoms with E-state index in [9.17, 15) is 4.39 Å². The van der Waals surface area contributed by atoms with E-state index >= 15 is 0 Å². The highest BCUT2D eigenvalue weighted by molar-refractivity contribution is 6.31. The van der Waals surface area contributed by atoms with Gasteiger partial charge < -0.3 is 9.84 Å². The average Bonchev–Trinajstić information content (AvgIpc) is 2.14. The molecule has 0 aromatic heterocycles. The topological polar surface area (TPSA) is 29.5 Å². The molecule has 0 spiro atoms. The number of halogens is 2. The Morgan fingerprint density at radius 2 is 2.29 bits per heavy atom. The first-order chi connectivity index (χ1) is 6.69. The minimum atomic E-state index is -0.570. The Hall–Kier alpha value is -1.06. The van der Waals surface area contributed by atoms with E-state index in [-0.39, 0.29) is 17.2 Å². The molecule has 1 aromatic carbocycles. The second-order valence-corrected chi connectivity index (χ2v) is 3.03. The number of benzene rings is 1. The van der Waals surface area contributed by atoms with E-state index in [4.69, 9.17) is 21.4 Å². The van der Waals surface area contributed by atoms with Crippen LogP contribution in [0.1, 0.15) is 5.56 Å². The molecule has 0 unspecified atom stereocenters. The summed E-state index contributed by atoms with van der Waals surface area (Å²) in [5.74, 6) is -0.247. The van der Waals surface area contributed by atoms with Crippen molar-refractivity contribution in [3.63, 3.8) is 0 Å². The lowest BCUT2D eigenvalue weighted by Gasteiger charge is -2.07. The van der Waals surface area contributed by atoms with Crippen molar-refractivity contribution < 1.29 is 14.2 Å². The van der Waals surface area contributed by atoms with Gasteiger partial charge in [-0.15, -0.1) is 0 Å². The summed E-state index contributed by atoms with van der Waals surface area (Å²) in [7, 11) is 0. The zero-order valence-electron chi connectivity index (χ0n) is 7.46. The number of aliphatic hydroxyl groups excluding tert-OH is 1. The van der Waals surface area contributed by atoms with Crippen LogP contribution >= 0.6 is 11.6 Å². The van der Waals surface area contributed by atoms with Gasteiger partial charge in [0.25, 0.3) is 0 Å². The summed E-state index contributed by atoms with van der Waals surface area (Å²) in [4.78, 5) is 0. The van der Waals surface area contributed by atoms with Gasteiger partial charge in [0.15, 0.2) is 0 Å². The molecule has 4 heteroatoms. The van der Waals surface area contributed by atoms with Crippen LogP contribution in [-0.4, -0.2) is 11.7 Å². The summed E-state index contributed by atoms with van der Waals surface area (Å²) in [6.45, 7) is 3.32. The number of aliphatic hydroxyl groups is 1. The number of ether oxygens (including phenoxy) is 1. The highest BCUT2D eigenvalue weighted by Gasteiger charge is 2.08. The first-order valence-corrected chi connectivity index (χ1v) is 4.39. The van der Waals surface area contributed by atoms with Gasteiger partial charge in [0.2, 0.25) is 0 Å². The van der Waals surface area contributed by atoms with E-state index in [1.165, 1.54) is 12.1 Å². The van der Waals surface area contributed by atoms with Crippen LogP contribution in [0.4, 0.5) is 4.39 Å². The molecule has 0 aliphatic heterocycles. The SMILES string of the molecule is C=CCOc1cc(F)c(CO)c(Cl)c1. The second kappa shape index (κ2) is 4.98. The van der Waals surface area contributed by atoms with Crippen molar-refractivity contribution in [3.8, 4) is 5.75 Å². The maximum absolute atomic E-state index is 13.2. The Balaban J connectivity index is 2.95. The van der Waals surface area contributed by atoms with Gasteiger partial charge >= 0.3 is 0 Å². The van der Waals surface area contributed by atoms with Gasteiger partial charge in [0, 0.05) is 11.6 Å². The zero-order chi connectivity index (χ0) is 10.6. The third-order valence-electron chi connectivity index (χ3n) is 1.64. The largest absolute Gasteiger partial charge is 0.489 e. The van der Waals surface area contributed by atoms with E-state index < -0.39 is 12.4 Å². The molecule has 0 amide bonds. The van der Waals surface area contributed by atoms with E-state index in [0.29, 0.717) is 5.75 Å². The summed E-state index contributed by atoms with van der Waals surface area (Å²) in [5, 5.41) is 8.94. The first-order valence-electron chi connectivity index (χ1n) is 4.01. The molecule has 0 bridgehead atoms. The van der Waals surface area contributed by atoms with E-state index in [2.05, 4.69) is 6.58 Å². The molecular formula is C10H10ClFO2. The van der Waals surface area contributed by atoms with Crippen LogP contribution < -0.4 is 4.74 Å². The Bertz CT molecular complexity index is 316. The summed E-state index contributed by atoms with van der Waals surface area (Å²) in [5.41, 5.74) is 0.0811. The maximum Gasteiger partial charge on any atom is 0.133 e. The van der Waals surface area contributed by atoms with Gasteiger partial charge in [-0.1, -0.05) is 24.3 Å². The lowest BCUT2D eigenvalue weighted by atomic mass is 10.2. The summed E-state index contributed by atoms with van der Waals surface area (Å²) in [6.07, 6.45) is 1.55. The Labute approximate surface area is 86.6 Å². The summed E-state index contributed by atoms with van der Waals surface area (Å²) < 4.78 is 18.3. The highest BCUT2D eigenvalue weighted by Crippen LogP contribution is 2.25.